The molecule has 0 aliphatic carbocycles. The Hall–Kier alpha value is -0.150. The van der Waals surface area contributed by atoms with E-state index in [0.29, 0.717) is 0 Å². The van der Waals surface area contributed by atoms with Gasteiger partial charge in [0.1, 0.15) is 0 Å². The number of rotatable bonds is 4. The van der Waals surface area contributed by atoms with E-state index in [4.69, 9.17) is 13.8 Å². The van der Waals surface area contributed by atoms with Gasteiger partial charge in [0.25, 0.3) is 0 Å². The molecule has 94 valence electrons. The highest BCUT2D eigenvalue weighted by Crippen LogP contribution is 2.48. The summed E-state index contributed by atoms with van der Waals surface area (Å²) in [7, 11) is -0.268. The molecule has 1 rings (SSSR count). The van der Waals surface area contributed by atoms with Crippen molar-refractivity contribution < 1.29 is 18.3 Å². The lowest BCUT2D eigenvalue weighted by atomic mass is 10.1. The molecule has 0 amide bonds. The lowest BCUT2D eigenvalue weighted by molar-refractivity contribution is 0.0663. The quantitative estimate of drug-likeness (QED) is 0.716. The summed E-state index contributed by atoms with van der Waals surface area (Å²) < 4.78 is 27.1. The molecule has 1 fully saturated rings. The summed E-state index contributed by atoms with van der Waals surface area (Å²) in [6.07, 6.45) is 7.57. The van der Waals surface area contributed by atoms with E-state index in [1.165, 1.54) is 32.9 Å². The van der Waals surface area contributed by atoms with Gasteiger partial charge < -0.3 is 13.8 Å². The summed E-state index contributed by atoms with van der Waals surface area (Å²) >= 11 is 0. The first-order valence-corrected chi connectivity index (χ1v) is 7.33. The SMILES string of the molecule is COP(=O)(/C=C/C1CCCCCCO1)OC. The van der Waals surface area contributed by atoms with Crippen LogP contribution in [-0.4, -0.2) is 26.9 Å². The van der Waals surface area contributed by atoms with Gasteiger partial charge in [-0.2, -0.15) is 0 Å². The summed E-state index contributed by atoms with van der Waals surface area (Å²) in [5.41, 5.74) is 0. The van der Waals surface area contributed by atoms with Crippen molar-refractivity contribution >= 4 is 7.60 Å². The van der Waals surface area contributed by atoms with E-state index in [1.54, 1.807) is 6.08 Å². The monoisotopic (exact) mass is 248 g/mol. The Balaban J connectivity index is 2.49. The van der Waals surface area contributed by atoms with Crippen LogP contribution in [-0.2, 0) is 18.3 Å². The number of hydrogen-bond donors (Lipinski definition) is 0. The van der Waals surface area contributed by atoms with Crippen LogP contribution in [0, 0.1) is 0 Å². The fourth-order valence-electron chi connectivity index (χ4n) is 1.67. The van der Waals surface area contributed by atoms with Crippen molar-refractivity contribution in [3.8, 4) is 0 Å². The minimum atomic E-state index is -3.03. The molecule has 0 aromatic carbocycles. The molecule has 1 atom stereocenters. The highest BCUT2D eigenvalue weighted by molar-refractivity contribution is 7.57. The van der Waals surface area contributed by atoms with Gasteiger partial charge in [0.2, 0.25) is 0 Å². The molecule has 4 nitrogen and oxygen atoms in total. The van der Waals surface area contributed by atoms with E-state index < -0.39 is 7.60 Å². The van der Waals surface area contributed by atoms with Gasteiger partial charge in [-0.15, -0.1) is 0 Å². The molecule has 0 bridgehead atoms. The first-order chi connectivity index (χ1) is 7.70. The van der Waals surface area contributed by atoms with Crippen LogP contribution in [0.4, 0.5) is 0 Å². The van der Waals surface area contributed by atoms with E-state index in [1.807, 2.05) is 0 Å². The maximum atomic E-state index is 11.8. The molecule has 5 heteroatoms. The molecule has 16 heavy (non-hydrogen) atoms. The molecule has 1 unspecified atom stereocenters. The molecule has 1 saturated heterocycles. The van der Waals surface area contributed by atoms with Crippen molar-refractivity contribution in [2.24, 2.45) is 0 Å². The average molecular weight is 248 g/mol. The van der Waals surface area contributed by atoms with Crippen molar-refractivity contribution in [3.63, 3.8) is 0 Å². The summed E-state index contributed by atoms with van der Waals surface area (Å²) in [5.74, 6) is 1.50. The van der Waals surface area contributed by atoms with Crippen molar-refractivity contribution in [1.82, 2.24) is 0 Å². The van der Waals surface area contributed by atoms with Crippen molar-refractivity contribution in [2.45, 2.75) is 38.2 Å². The summed E-state index contributed by atoms with van der Waals surface area (Å²) in [6.45, 7) is 0.777. The zero-order valence-electron chi connectivity index (χ0n) is 10.1. The van der Waals surface area contributed by atoms with Crippen LogP contribution in [0.25, 0.3) is 0 Å². The maximum Gasteiger partial charge on any atom is 0.353 e. The molecule has 0 aromatic heterocycles. The number of ether oxygens (including phenoxy) is 1. The molecular formula is C11H21O4P. The van der Waals surface area contributed by atoms with E-state index in [2.05, 4.69) is 0 Å². The predicted molar refractivity (Wildman–Crippen MR) is 63.6 cm³/mol. The third-order valence-corrected chi connectivity index (χ3v) is 4.26. The molecule has 1 heterocycles. The zero-order valence-corrected chi connectivity index (χ0v) is 10.9. The summed E-state index contributed by atoms with van der Waals surface area (Å²) in [5, 5.41) is 0. The Morgan fingerprint density at radius 3 is 2.56 bits per heavy atom. The minimum Gasteiger partial charge on any atom is -0.374 e. The molecule has 0 saturated carbocycles. The van der Waals surface area contributed by atoms with Gasteiger partial charge in [-0.1, -0.05) is 19.3 Å². The van der Waals surface area contributed by atoms with Crippen molar-refractivity contribution in [3.05, 3.63) is 11.9 Å². The first-order valence-electron chi connectivity index (χ1n) is 5.72. The normalized spacial score (nSPS) is 24.2. The standard InChI is InChI=1S/C11H21O4P/c1-13-16(12,14-2)10-8-11-7-5-3-4-6-9-15-11/h8,10-11H,3-7,9H2,1-2H3/b10-8+. The topological polar surface area (TPSA) is 44.8 Å². The smallest absolute Gasteiger partial charge is 0.353 e. The average Bonchev–Trinajstić information content (AvgIpc) is 2.27. The van der Waals surface area contributed by atoms with Gasteiger partial charge in [0.05, 0.1) is 6.10 Å². The van der Waals surface area contributed by atoms with Gasteiger partial charge in [-0.3, -0.25) is 4.57 Å². The zero-order chi connectivity index (χ0) is 11.9. The van der Waals surface area contributed by atoms with E-state index in [9.17, 15) is 4.57 Å². The highest BCUT2D eigenvalue weighted by Gasteiger charge is 2.17. The highest BCUT2D eigenvalue weighted by atomic mass is 31.2. The molecule has 0 N–H and O–H groups in total. The third kappa shape index (κ3) is 4.79. The second-order valence-electron chi connectivity index (χ2n) is 3.86. The first kappa shape index (κ1) is 13.9. The second kappa shape index (κ2) is 7.23. The predicted octanol–water partition coefficient (Wildman–Crippen LogP) is 3.34. The Bertz CT molecular complexity index is 249. The lowest BCUT2D eigenvalue weighted by Gasteiger charge is -2.18. The molecule has 0 spiro atoms. The van der Waals surface area contributed by atoms with Crippen LogP contribution in [0.15, 0.2) is 11.9 Å². The molecule has 0 aromatic rings. The molecule has 0 radical (unpaired) electrons. The maximum absolute atomic E-state index is 11.8. The Labute approximate surface area is 97.5 Å². The van der Waals surface area contributed by atoms with Crippen molar-refractivity contribution in [1.29, 1.82) is 0 Å². The van der Waals surface area contributed by atoms with Crippen LogP contribution in [0.3, 0.4) is 0 Å². The largest absolute Gasteiger partial charge is 0.374 e. The van der Waals surface area contributed by atoms with Crippen LogP contribution in [0.2, 0.25) is 0 Å². The third-order valence-electron chi connectivity index (χ3n) is 2.71. The Morgan fingerprint density at radius 2 is 1.88 bits per heavy atom. The van der Waals surface area contributed by atoms with Gasteiger partial charge >= 0.3 is 7.60 Å². The number of hydrogen-bond acceptors (Lipinski definition) is 4. The lowest BCUT2D eigenvalue weighted by Crippen LogP contribution is -2.13. The fraction of sp³-hybridized carbons (Fsp3) is 0.818. The second-order valence-corrected chi connectivity index (χ2v) is 5.97. The van der Waals surface area contributed by atoms with Gasteiger partial charge in [-0.25, -0.2) is 0 Å². The van der Waals surface area contributed by atoms with Gasteiger partial charge in [-0.05, 0) is 18.9 Å². The van der Waals surface area contributed by atoms with E-state index in [0.717, 1.165) is 25.9 Å². The van der Waals surface area contributed by atoms with Crippen LogP contribution in [0.5, 0.6) is 0 Å². The molecular weight excluding hydrogens is 227 g/mol. The van der Waals surface area contributed by atoms with E-state index in [-0.39, 0.29) is 6.10 Å². The Morgan fingerprint density at radius 1 is 1.19 bits per heavy atom. The minimum absolute atomic E-state index is 0.0407. The fourth-order valence-corrected chi connectivity index (χ4v) is 2.46. The molecule has 1 aliphatic heterocycles. The molecule has 1 aliphatic rings. The van der Waals surface area contributed by atoms with Gasteiger partial charge in [0.15, 0.2) is 0 Å². The van der Waals surface area contributed by atoms with Crippen LogP contribution >= 0.6 is 7.60 Å². The van der Waals surface area contributed by atoms with Crippen molar-refractivity contribution in [2.75, 3.05) is 20.8 Å². The van der Waals surface area contributed by atoms with Gasteiger partial charge in [0, 0.05) is 26.6 Å². The summed E-state index contributed by atoms with van der Waals surface area (Å²) in [4.78, 5) is 0. The summed E-state index contributed by atoms with van der Waals surface area (Å²) in [6, 6.07) is 0. The van der Waals surface area contributed by atoms with Crippen LogP contribution < -0.4 is 0 Å². The van der Waals surface area contributed by atoms with E-state index >= 15 is 0 Å². The van der Waals surface area contributed by atoms with Crippen LogP contribution in [0.1, 0.15) is 32.1 Å². The Kier molecular flexibility index (Phi) is 6.29.